The third-order valence-electron chi connectivity index (χ3n) is 2.92. The van der Waals surface area contributed by atoms with Crippen molar-refractivity contribution in [3.05, 3.63) is 35.6 Å². The van der Waals surface area contributed by atoms with Crippen molar-refractivity contribution in [3.8, 4) is 0 Å². The van der Waals surface area contributed by atoms with Gasteiger partial charge in [-0.2, -0.15) is 0 Å². The second kappa shape index (κ2) is 2.89. The summed E-state index contributed by atoms with van der Waals surface area (Å²) in [6, 6.07) is 6.94. The first-order valence-electron chi connectivity index (χ1n) is 4.53. The molecule has 12 heavy (non-hydrogen) atoms. The Balaban J connectivity index is 2.18. The van der Waals surface area contributed by atoms with Crippen LogP contribution in [0.1, 0.15) is 31.2 Å². The zero-order valence-corrected chi connectivity index (χ0v) is 7.26. The standard InChI is InChI=1S/C11H13F/c1-8-2-7-11(8)9-3-5-10(12)6-4-9/h3-6,8,11H,2,7H2,1H3. The van der Waals surface area contributed by atoms with Gasteiger partial charge in [0.05, 0.1) is 0 Å². The monoisotopic (exact) mass is 164 g/mol. The van der Waals surface area contributed by atoms with E-state index in [1.807, 2.05) is 12.1 Å². The Morgan fingerprint density at radius 2 is 1.83 bits per heavy atom. The quantitative estimate of drug-likeness (QED) is 0.597. The summed E-state index contributed by atoms with van der Waals surface area (Å²) in [6.07, 6.45) is 2.59. The van der Waals surface area contributed by atoms with Crippen molar-refractivity contribution in [2.75, 3.05) is 0 Å². The van der Waals surface area contributed by atoms with Gasteiger partial charge in [0.15, 0.2) is 0 Å². The molecule has 0 radical (unpaired) electrons. The third kappa shape index (κ3) is 1.24. The molecule has 1 saturated carbocycles. The fourth-order valence-corrected chi connectivity index (χ4v) is 1.87. The van der Waals surface area contributed by atoms with Crippen LogP contribution in [0.3, 0.4) is 0 Å². The molecule has 2 rings (SSSR count). The molecule has 64 valence electrons. The number of hydrogen-bond acceptors (Lipinski definition) is 0. The van der Waals surface area contributed by atoms with E-state index in [1.54, 1.807) is 12.1 Å². The zero-order chi connectivity index (χ0) is 8.55. The van der Waals surface area contributed by atoms with Gasteiger partial charge in [-0.15, -0.1) is 0 Å². The van der Waals surface area contributed by atoms with Crippen molar-refractivity contribution in [2.45, 2.75) is 25.7 Å². The summed E-state index contributed by atoms with van der Waals surface area (Å²) in [6.45, 7) is 2.26. The highest BCUT2D eigenvalue weighted by Crippen LogP contribution is 2.41. The summed E-state index contributed by atoms with van der Waals surface area (Å²) in [4.78, 5) is 0. The lowest BCUT2D eigenvalue weighted by Gasteiger charge is -2.34. The van der Waals surface area contributed by atoms with Crippen molar-refractivity contribution >= 4 is 0 Å². The molecular formula is C11H13F. The van der Waals surface area contributed by atoms with Gasteiger partial charge < -0.3 is 0 Å². The minimum atomic E-state index is -0.134. The molecule has 1 fully saturated rings. The van der Waals surface area contributed by atoms with E-state index in [0.29, 0.717) is 5.92 Å². The van der Waals surface area contributed by atoms with E-state index in [9.17, 15) is 4.39 Å². The Kier molecular flexibility index (Phi) is 1.87. The molecule has 2 atom stereocenters. The fourth-order valence-electron chi connectivity index (χ4n) is 1.87. The van der Waals surface area contributed by atoms with E-state index in [-0.39, 0.29) is 5.82 Å². The SMILES string of the molecule is CC1CCC1c1ccc(F)cc1. The molecule has 0 N–H and O–H groups in total. The summed E-state index contributed by atoms with van der Waals surface area (Å²) >= 11 is 0. The molecule has 1 aromatic rings. The van der Waals surface area contributed by atoms with Crippen LogP contribution in [0.5, 0.6) is 0 Å². The zero-order valence-electron chi connectivity index (χ0n) is 7.26. The number of hydrogen-bond donors (Lipinski definition) is 0. The van der Waals surface area contributed by atoms with Gasteiger partial charge in [0, 0.05) is 0 Å². The second-order valence-electron chi connectivity index (χ2n) is 3.71. The first kappa shape index (κ1) is 7.78. The normalized spacial score (nSPS) is 28.2. The fraction of sp³-hybridized carbons (Fsp3) is 0.455. The third-order valence-corrected chi connectivity index (χ3v) is 2.92. The Bertz CT molecular complexity index is 263. The van der Waals surface area contributed by atoms with Gasteiger partial charge >= 0.3 is 0 Å². The van der Waals surface area contributed by atoms with Crippen LogP contribution in [0.25, 0.3) is 0 Å². The lowest BCUT2D eigenvalue weighted by atomic mass is 9.71. The Morgan fingerprint density at radius 1 is 1.17 bits per heavy atom. The van der Waals surface area contributed by atoms with E-state index in [4.69, 9.17) is 0 Å². The first-order valence-corrected chi connectivity index (χ1v) is 4.53. The van der Waals surface area contributed by atoms with Gasteiger partial charge in [0.1, 0.15) is 5.82 Å². The number of benzene rings is 1. The van der Waals surface area contributed by atoms with Gasteiger partial charge in [-0.25, -0.2) is 4.39 Å². The Labute approximate surface area is 72.4 Å². The molecule has 0 heterocycles. The molecule has 2 unspecified atom stereocenters. The molecule has 1 aromatic carbocycles. The minimum Gasteiger partial charge on any atom is -0.207 e. The summed E-state index contributed by atoms with van der Waals surface area (Å²) in [7, 11) is 0. The highest BCUT2D eigenvalue weighted by Gasteiger charge is 2.27. The maximum absolute atomic E-state index is 12.6. The summed E-state index contributed by atoms with van der Waals surface area (Å²) < 4.78 is 12.6. The molecule has 0 aromatic heterocycles. The van der Waals surface area contributed by atoms with Gasteiger partial charge in [0.2, 0.25) is 0 Å². The summed E-state index contributed by atoms with van der Waals surface area (Å²) in [5.74, 6) is 1.34. The Morgan fingerprint density at radius 3 is 2.25 bits per heavy atom. The molecule has 1 aliphatic rings. The topological polar surface area (TPSA) is 0 Å². The molecule has 0 saturated heterocycles. The summed E-state index contributed by atoms with van der Waals surface area (Å²) in [5.41, 5.74) is 1.30. The predicted octanol–water partition coefficient (Wildman–Crippen LogP) is 3.34. The van der Waals surface area contributed by atoms with Crippen molar-refractivity contribution < 1.29 is 4.39 Å². The molecule has 0 nitrogen and oxygen atoms in total. The number of halogens is 1. The summed E-state index contributed by atoms with van der Waals surface area (Å²) in [5, 5.41) is 0. The van der Waals surface area contributed by atoms with Crippen LogP contribution < -0.4 is 0 Å². The average Bonchev–Trinajstić information content (AvgIpc) is 2.06. The van der Waals surface area contributed by atoms with Crippen molar-refractivity contribution in [2.24, 2.45) is 5.92 Å². The van der Waals surface area contributed by atoms with Crippen LogP contribution in [0.4, 0.5) is 4.39 Å². The van der Waals surface area contributed by atoms with Crippen LogP contribution in [0, 0.1) is 11.7 Å². The van der Waals surface area contributed by atoms with E-state index >= 15 is 0 Å². The van der Waals surface area contributed by atoms with Gasteiger partial charge in [-0.3, -0.25) is 0 Å². The van der Waals surface area contributed by atoms with Gasteiger partial charge in [0.25, 0.3) is 0 Å². The van der Waals surface area contributed by atoms with Crippen LogP contribution in [0.2, 0.25) is 0 Å². The molecule has 0 spiro atoms. The lowest BCUT2D eigenvalue weighted by molar-refractivity contribution is 0.280. The highest BCUT2D eigenvalue weighted by molar-refractivity contribution is 5.22. The smallest absolute Gasteiger partial charge is 0.123 e. The average molecular weight is 164 g/mol. The van der Waals surface area contributed by atoms with Gasteiger partial charge in [-0.1, -0.05) is 19.1 Å². The van der Waals surface area contributed by atoms with Gasteiger partial charge in [-0.05, 0) is 42.4 Å². The predicted molar refractivity (Wildman–Crippen MR) is 47.5 cm³/mol. The van der Waals surface area contributed by atoms with E-state index in [0.717, 1.165) is 5.92 Å². The van der Waals surface area contributed by atoms with Crippen molar-refractivity contribution in [1.82, 2.24) is 0 Å². The van der Waals surface area contributed by atoms with E-state index < -0.39 is 0 Å². The molecule has 1 heteroatoms. The molecule has 0 bridgehead atoms. The second-order valence-corrected chi connectivity index (χ2v) is 3.71. The number of rotatable bonds is 1. The Hall–Kier alpha value is -0.850. The maximum Gasteiger partial charge on any atom is 0.123 e. The van der Waals surface area contributed by atoms with Crippen molar-refractivity contribution in [3.63, 3.8) is 0 Å². The van der Waals surface area contributed by atoms with E-state index in [2.05, 4.69) is 6.92 Å². The molecule has 1 aliphatic carbocycles. The lowest BCUT2D eigenvalue weighted by Crippen LogP contribution is -2.20. The minimum absolute atomic E-state index is 0.134. The van der Waals surface area contributed by atoms with Crippen LogP contribution in [-0.2, 0) is 0 Å². The first-order chi connectivity index (χ1) is 5.77. The molecule has 0 aliphatic heterocycles. The molecule has 0 amide bonds. The van der Waals surface area contributed by atoms with E-state index in [1.165, 1.54) is 18.4 Å². The van der Waals surface area contributed by atoms with Crippen LogP contribution in [-0.4, -0.2) is 0 Å². The largest absolute Gasteiger partial charge is 0.207 e. The van der Waals surface area contributed by atoms with Crippen LogP contribution in [0.15, 0.2) is 24.3 Å². The molecular weight excluding hydrogens is 151 g/mol. The van der Waals surface area contributed by atoms with Crippen LogP contribution >= 0.6 is 0 Å². The van der Waals surface area contributed by atoms with Crippen molar-refractivity contribution in [1.29, 1.82) is 0 Å². The highest BCUT2D eigenvalue weighted by atomic mass is 19.1. The maximum atomic E-state index is 12.6.